The summed E-state index contributed by atoms with van der Waals surface area (Å²) in [6.07, 6.45) is 1.68. The first-order valence-corrected chi connectivity index (χ1v) is 6.45. The second-order valence-corrected chi connectivity index (χ2v) is 5.40. The van der Waals surface area contributed by atoms with Crippen LogP contribution in [0.1, 0.15) is 5.56 Å². The van der Waals surface area contributed by atoms with Gasteiger partial charge in [-0.3, -0.25) is 0 Å². The van der Waals surface area contributed by atoms with Crippen molar-refractivity contribution < 1.29 is 0 Å². The van der Waals surface area contributed by atoms with Gasteiger partial charge in [-0.25, -0.2) is 4.68 Å². The summed E-state index contributed by atoms with van der Waals surface area (Å²) >= 11 is 12.6. The average molecular weight is 365 g/mol. The maximum Gasteiger partial charge on any atom is 0.136 e. The van der Waals surface area contributed by atoms with Gasteiger partial charge in [0.05, 0.1) is 22.2 Å². The van der Waals surface area contributed by atoms with E-state index in [9.17, 15) is 0 Å². The Labute approximate surface area is 115 Å². The highest BCUT2D eigenvalue weighted by Crippen LogP contribution is 2.24. The lowest BCUT2D eigenvalue weighted by atomic mass is 10.2. The molecule has 0 atom stereocenters. The fourth-order valence-electron chi connectivity index (χ4n) is 1.31. The van der Waals surface area contributed by atoms with Crippen LogP contribution in [0.4, 0.5) is 5.82 Å². The summed E-state index contributed by atoms with van der Waals surface area (Å²) in [5.74, 6) is 0.617. The normalized spacial score (nSPS) is 10.7. The largest absolute Gasteiger partial charge is 0.383 e. The summed E-state index contributed by atoms with van der Waals surface area (Å²) < 4.78 is 3.40. The summed E-state index contributed by atoms with van der Waals surface area (Å²) in [7, 11) is 0. The van der Waals surface area contributed by atoms with Crippen LogP contribution in [-0.2, 0) is 6.54 Å². The first-order chi connectivity index (χ1) is 7.58. The molecule has 6 heteroatoms. The maximum atomic E-state index is 5.92. The van der Waals surface area contributed by atoms with E-state index in [1.54, 1.807) is 10.9 Å². The summed E-state index contributed by atoms with van der Waals surface area (Å²) in [6, 6.07) is 5.75. The van der Waals surface area contributed by atoms with E-state index in [1.165, 1.54) is 0 Å². The van der Waals surface area contributed by atoms with Crippen LogP contribution in [-0.4, -0.2) is 9.78 Å². The van der Waals surface area contributed by atoms with E-state index in [2.05, 4.69) is 37.0 Å². The molecule has 84 valence electrons. The van der Waals surface area contributed by atoms with Gasteiger partial charge in [0, 0.05) is 4.47 Å². The van der Waals surface area contributed by atoms with Gasteiger partial charge < -0.3 is 5.73 Å². The lowest BCUT2D eigenvalue weighted by molar-refractivity contribution is 0.697. The minimum absolute atomic E-state index is 0.617. The number of rotatable bonds is 2. The zero-order valence-electron chi connectivity index (χ0n) is 8.12. The van der Waals surface area contributed by atoms with E-state index >= 15 is 0 Å². The van der Waals surface area contributed by atoms with Crippen LogP contribution in [0.3, 0.4) is 0 Å². The number of anilines is 1. The minimum Gasteiger partial charge on any atom is -0.383 e. The van der Waals surface area contributed by atoms with Crippen molar-refractivity contribution >= 4 is 49.3 Å². The topological polar surface area (TPSA) is 43.8 Å². The molecule has 0 aliphatic rings. The molecule has 0 saturated carbocycles. The summed E-state index contributed by atoms with van der Waals surface area (Å²) in [6.45, 7) is 0.618. The van der Waals surface area contributed by atoms with E-state index in [0.29, 0.717) is 17.4 Å². The van der Waals surface area contributed by atoms with Gasteiger partial charge >= 0.3 is 0 Å². The molecule has 1 aromatic heterocycles. The van der Waals surface area contributed by atoms with Gasteiger partial charge in [0.2, 0.25) is 0 Å². The van der Waals surface area contributed by atoms with Crippen molar-refractivity contribution in [3.63, 3.8) is 0 Å². The summed E-state index contributed by atoms with van der Waals surface area (Å²) in [4.78, 5) is 0. The van der Waals surface area contributed by atoms with Crippen molar-refractivity contribution in [1.82, 2.24) is 9.78 Å². The molecule has 1 heterocycles. The SMILES string of the molecule is Nc1c(Br)cnn1Cc1ccc(Cl)c(Br)c1. The lowest BCUT2D eigenvalue weighted by Gasteiger charge is -2.05. The predicted octanol–water partition coefficient (Wildman–Crippen LogP) is 3.69. The molecule has 2 N–H and O–H groups in total. The third-order valence-corrected chi connectivity index (χ3v) is 3.97. The molecule has 0 aliphatic heterocycles. The molecular weight excluding hydrogens is 357 g/mol. The highest BCUT2D eigenvalue weighted by Gasteiger charge is 2.06. The molecule has 16 heavy (non-hydrogen) atoms. The molecule has 2 aromatic rings. The molecule has 0 unspecified atom stereocenters. The fraction of sp³-hybridized carbons (Fsp3) is 0.100. The quantitative estimate of drug-likeness (QED) is 0.882. The Balaban J connectivity index is 2.27. The number of hydrogen-bond acceptors (Lipinski definition) is 2. The molecule has 0 spiro atoms. The molecule has 0 amide bonds. The molecule has 2 rings (SSSR count). The van der Waals surface area contributed by atoms with Crippen LogP contribution in [0.15, 0.2) is 33.3 Å². The van der Waals surface area contributed by atoms with Gasteiger partial charge in [0.1, 0.15) is 5.82 Å². The fourth-order valence-corrected chi connectivity index (χ4v) is 2.15. The van der Waals surface area contributed by atoms with Gasteiger partial charge in [0.15, 0.2) is 0 Å². The van der Waals surface area contributed by atoms with E-state index < -0.39 is 0 Å². The van der Waals surface area contributed by atoms with Crippen molar-refractivity contribution in [3.05, 3.63) is 43.9 Å². The molecule has 0 radical (unpaired) electrons. The van der Waals surface area contributed by atoms with Gasteiger partial charge in [-0.1, -0.05) is 17.7 Å². The molecule has 3 nitrogen and oxygen atoms in total. The molecule has 0 fully saturated rings. The Morgan fingerprint density at radius 1 is 1.31 bits per heavy atom. The molecule has 0 bridgehead atoms. The van der Waals surface area contributed by atoms with Crippen LogP contribution in [0.5, 0.6) is 0 Å². The zero-order valence-corrected chi connectivity index (χ0v) is 12.1. The van der Waals surface area contributed by atoms with Crippen LogP contribution < -0.4 is 5.73 Å². The third-order valence-electron chi connectivity index (χ3n) is 2.15. The van der Waals surface area contributed by atoms with Gasteiger partial charge in [-0.05, 0) is 49.6 Å². The monoisotopic (exact) mass is 363 g/mol. The Bertz CT molecular complexity index is 525. The first kappa shape index (κ1) is 12.0. The van der Waals surface area contributed by atoms with E-state index in [1.807, 2.05) is 18.2 Å². The minimum atomic E-state index is 0.617. The van der Waals surface area contributed by atoms with Crippen molar-refractivity contribution in [2.75, 3.05) is 5.73 Å². The highest BCUT2D eigenvalue weighted by atomic mass is 79.9. The molecule has 1 aromatic carbocycles. The Morgan fingerprint density at radius 3 is 2.62 bits per heavy atom. The van der Waals surface area contributed by atoms with Crippen LogP contribution in [0, 0.1) is 0 Å². The zero-order chi connectivity index (χ0) is 11.7. The Morgan fingerprint density at radius 2 is 2.06 bits per heavy atom. The van der Waals surface area contributed by atoms with Crippen molar-refractivity contribution in [1.29, 1.82) is 0 Å². The second-order valence-electron chi connectivity index (χ2n) is 3.28. The number of hydrogen-bond donors (Lipinski definition) is 1. The van der Waals surface area contributed by atoms with E-state index in [-0.39, 0.29) is 0 Å². The van der Waals surface area contributed by atoms with Crippen LogP contribution >= 0.6 is 43.5 Å². The molecule has 0 aliphatic carbocycles. The maximum absolute atomic E-state index is 5.92. The van der Waals surface area contributed by atoms with Crippen LogP contribution in [0.25, 0.3) is 0 Å². The first-order valence-electron chi connectivity index (χ1n) is 4.48. The smallest absolute Gasteiger partial charge is 0.136 e. The van der Waals surface area contributed by atoms with Gasteiger partial charge in [0.25, 0.3) is 0 Å². The van der Waals surface area contributed by atoms with Crippen molar-refractivity contribution in [3.8, 4) is 0 Å². The number of benzene rings is 1. The second kappa shape index (κ2) is 4.77. The summed E-state index contributed by atoms with van der Waals surface area (Å²) in [5.41, 5.74) is 6.92. The van der Waals surface area contributed by atoms with Gasteiger partial charge in [-0.2, -0.15) is 5.10 Å². The predicted molar refractivity (Wildman–Crippen MR) is 72.6 cm³/mol. The Hall–Kier alpha value is -0.520. The van der Waals surface area contributed by atoms with E-state index in [0.717, 1.165) is 14.5 Å². The van der Waals surface area contributed by atoms with Crippen LogP contribution in [0.2, 0.25) is 5.02 Å². The third kappa shape index (κ3) is 2.42. The van der Waals surface area contributed by atoms with Gasteiger partial charge in [-0.15, -0.1) is 0 Å². The van der Waals surface area contributed by atoms with Crippen molar-refractivity contribution in [2.24, 2.45) is 0 Å². The summed E-state index contributed by atoms with van der Waals surface area (Å²) in [5, 5.41) is 4.85. The Kier molecular flexibility index (Phi) is 3.56. The number of aromatic nitrogens is 2. The standard InChI is InChI=1S/C10H8Br2ClN3/c11-7-3-6(1-2-9(7)13)5-16-10(14)8(12)4-15-16/h1-4H,5,14H2. The molecular formula is C10H8Br2ClN3. The number of halogens is 3. The highest BCUT2D eigenvalue weighted by molar-refractivity contribution is 9.11. The van der Waals surface area contributed by atoms with Crippen molar-refractivity contribution in [2.45, 2.75) is 6.54 Å². The average Bonchev–Trinajstić information content (AvgIpc) is 2.55. The van der Waals surface area contributed by atoms with E-state index in [4.69, 9.17) is 17.3 Å². The number of nitrogen functional groups attached to an aromatic ring is 1. The number of nitrogens with zero attached hydrogens (tertiary/aromatic N) is 2. The molecule has 0 saturated heterocycles. The lowest BCUT2D eigenvalue weighted by Crippen LogP contribution is -2.05. The number of nitrogens with two attached hydrogens (primary N) is 1.